The van der Waals surface area contributed by atoms with Gasteiger partial charge in [0, 0.05) is 16.7 Å². The molecular weight excluding hydrogens is 593 g/mol. The number of benzene rings is 3. The number of fused-ring (bicyclic) bond motifs is 1. The molecule has 242 valence electrons. The van der Waals surface area contributed by atoms with E-state index >= 15 is 0 Å². The van der Waals surface area contributed by atoms with E-state index in [1.165, 1.54) is 106 Å². The molecule has 0 amide bonds. The maximum absolute atomic E-state index is 10.1. The quantitative estimate of drug-likeness (QED) is 0.129. The highest BCUT2D eigenvalue weighted by molar-refractivity contribution is 8.03. The molecule has 0 spiro atoms. The number of para-hydroxylation sites is 1. The molecular formula is C42H48N4S. The van der Waals surface area contributed by atoms with Gasteiger partial charge in [0.15, 0.2) is 0 Å². The van der Waals surface area contributed by atoms with Crippen LogP contribution in [0.5, 0.6) is 0 Å². The Bertz CT molecular complexity index is 1690. The van der Waals surface area contributed by atoms with E-state index in [1.807, 2.05) is 18.2 Å². The summed E-state index contributed by atoms with van der Waals surface area (Å²) >= 11 is 1.68. The standard InChI is InChI=1S/C42H48N4S/c1-2-3-4-5-6-7-8-9-10-11-12-13-14-15-19-34-20-18-21-35(28-34)33-46-40-22-16-17-23-41(40)47-42(46)29-38(30-43)36-24-26-37(27-25-36)39(31-44)32-45/h16-18,20-29H,2-15,19,33H2,1H3/b42-29-. The highest BCUT2D eigenvalue weighted by atomic mass is 32.2. The van der Waals surface area contributed by atoms with Crippen LogP contribution in [0.1, 0.15) is 108 Å². The van der Waals surface area contributed by atoms with Gasteiger partial charge in [-0.1, -0.05) is 163 Å². The van der Waals surface area contributed by atoms with Crippen LogP contribution >= 0.6 is 11.8 Å². The zero-order valence-corrected chi connectivity index (χ0v) is 28.8. The maximum atomic E-state index is 10.1. The second kappa shape index (κ2) is 20.1. The summed E-state index contributed by atoms with van der Waals surface area (Å²) in [5.74, 6) is 0. The molecule has 5 heteroatoms. The van der Waals surface area contributed by atoms with Gasteiger partial charge < -0.3 is 4.90 Å². The van der Waals surface area contributed by atoms with Crippen molar-refractivity contribution < 1.29 is 0 Å². The SMILES string of the molecule is CCCCCCCCCCCCCCCCc1cccc(CN2/C(=C/C(C#N)=c3ccc(=C(C#N)C#N)cc3)Sc3ccccc32)c1. The lowest BCUT2D eigenvalue weighted by molar-refractivity contribution is 0.535. The van der Waals surface area contributed by atoms with E-state index in [-0.39, 0.29) is 5.57 Å². The molecule has 1 aliphatic heterocycles. The highest BCUT2D eigenvalue weighted by Crippen LogP contribution is 2.47. The molecule has 4 rings (SSSR count). The Hall–Kier alpha value is -4.24. The van der Waals surface area contributed by atoms with Crippen molar-refractivity contribution in [3.05, 3.63) is 105 Å². The van der Waals surface area contributed by atoms with E-state index in [0.717, 1.165) is 28.9 Å². The van der Waals surface area contributed by atoms with Crippen LogP contribution in [-0.2, 0) is 13.0 Å². The van der Waals surface area contributed by atoms with Gasteiger partial charge in [-0.3, -0.25) is 0 Å². The average molecular weight is 641 g/mol. The first-order chi connectivity index (χ1) is 23.2. The lowest BCUT2D eigenvalue weighted by Gasteiger charge is -2.21. The molecule has 1 heterocycles. The molecule has 0 saturated heterocycles. The lowest BCUT2D eigenvalue weighted by Crippen LogP contribution is -2.18. The molecule has 0 fully saturated rings. The summed E-state index contributed by atoms with van der Waals surface area (Å²) in [6.07, 6.45) is 22.3. The lowest BCUT2D eigenvalue weighted by atomic mass is 10.0. The number of allylic oxidation sites excluding steroid dienone is 1. The Morgan fingerprint density at radius 2 is 1.21 bits per heavy atom. The number of nitrogens with zero attached hydrogens (tertiary/aromatic N) is 4. The van der Waals surface area contributed by atoms with Crippen molar-refractivity contribution in [2.75, 3.05) is 4.90 Å². The molecule has 47 heavy (non-hydrogen) atoms. The number of aryl methyl sites for hydroxylation is 1. The number of hydrogen-bond donors (Lipinski definition) is 0. The summed E-state index contributed by atoms with van der Waals surface area (Å²) in [6, 6.07) is 30.6. The minimum absolute atomic E-state index is 0.0629. The molecule has 4 nitrogen and oxygen atoms in total. The van der Waals surface area contributed by atoms with Crippen molar-refractivity contribution in [1.29, 1.82) is 15.8 Å². The first kappa shape index (κ1) is 35.6. The molecule has 0 unspecified atom stereocenters. The summed E-state index contributed by atoms with van der Waals surface area (Å²) in [5, 5.41) is 30.8. The van der Waals surface area contributed by atoms with Gasteiger partial charge in [-0.05, 0) is 47.4 Å². The Kier molecular flexibility index (Phi) is 15.2. The van der Waals surface area contributed by atoms with Crippen LogP contribution in [0.25, 0.3) is 11.1 Å². The Labute approximate surface area is 286 Å². The van der Waals surface area contributed by atoms with Gasteiger partial charge in [0.2, 0.25) is 0 Å². The van der Waals surface area contributed by atoms with Crippen molar-refractivity contribution in [2.45, 2.75) is 115 Å². The van der Waals surface area contributed by atoms with Crippen LogP contribution in [0.15, 0.2) is 88.8 Å². The summed E-state index contributed by atoms with van der Waals surface area (Å²) in [4.78, 5) is 3.47. The maximum Gasteiger partial charge on any atom is 0.136 e. The van der Waals surface area contributed by atoms with Crippen LogP contribution in [0.4, 0.5) is 5.69 Å². The molecule has 0 atom stereocenters. The second-order valence-electron chi connectivity index (χ2n) is 12.5. The highest BCUT2D eigenvalue weighted by Gasteiger charge is 2.25. The third-order valence-electron chi connectivity index (χ3n) is 8.88. The minimum Gasteiger partial charge on any atom is -0.330 e. The zero-order valence-electron chi connectivity index (χ0n) is 28.0. The molecule has 0 aliphatic carbocycles. The van der Waals surface area contributed by atoms with E-state index in [1.54, 1.807) is 36.0 Å². The number of thioether (sulfide) groups is 1. The summed E-state index contributed by atoms with van der Waals surface area (Å²) in [5.41, 5.74) is 4.40. The summed E-state index contributed by atoms with van der Waals surface area (Å²) in [6.45, 7) is 3.01. The molecule has 3 aromatic carbocycles. The van der Waals surface area contributed by atoms with Crippen molar-refractivity contribution in [3.8, 4) is 18.2 Å². The van der Waals surface area contributed by atoms with E-state index in [9.17, 15) is 15.8 Å². The van der Waals surface area contributed by atoms with Crippen LogP contribution in [0, 0.1) is 34.0 Å². The van der Waals surface area contributed by atoms with Gasteiger partial charge in [0.1, 0.15) is 17.7 Å². The Morgan fingerprint density at radius 1 is 0.638 bits per heavy atom. The van der Waals surface area contributed by atoms with Gasteiger partial charge in [0.25, 0.3) is 0 Å². The fourth-order valence-electron chi connectivity index (χ4n) is 6.19. The predicted octanol–water partition coefficient (Wildman–Crippen LogP) is 10.2. The van der Waals surface area contributed by atoms with Crippen molar-refractivity contribution in [3.63, 3.8) is 0 Å². The summed E-state index contributed by atoms with van der Waals surface area (Å²) < 4.78 is 0. The monoisotopic (exact) mass is 640 g/mol. The largest absolute Gasteiger partial charge is 0.330 e. The fourth-order valence-corrected chi connectivity index (χ4v) is 7.29. The summed E-state index contributed by atoms with van der Waals surface area (Å²) in [7, 11) is 0. The average Bonchev–Trinajstić information content (AvgIpc) is 3.44. The fraction of sp³-hybridized carbons (Fsp3) is 0.405. The van der Waals surface area contributed by atoms with E-state index < -0.39 is 0 Å². The second-order valence-corrected chi connectivity index (χ2v) is 13.6. The number of rotatable bonds is 18. The first-order valence-corrected chi connectivity index (χ1v) is 18.4. The van der Waals surface area contributed by atoms with Crippen molar-refractivity contribution >= 4 is 28.6 Å². The van der Waals surface area contributed by atoms with Gasteiger partial charge in [-0.25, -0.2) is 0 Å². The van der Waals surface area contributed by atoms with Gasteiger partial charge in [-0.2, -0.15) is 15.8 Å². The van der Waals surface area contributed by atoms with Crippen LogP contribution in [0.2, 0.25) is 0 Å². The van der Waals surface area contributed by atoms with Crippen molar-refractivity contribution in [1.82, 2.24) is 0 Å². The zero-order chi connectivity index (χ0) is 33.1. The third kappa shape index (κ3) is 11.2. The topological polar surface area (TPSA) is 74.6 Å². The molecule has 0 N–H and O–H groups in total. The molecule has 0 saturated carbocycles. The molecule has 0 bridgehead atoms. The van der Waals surface area contributed by atoms with Crippen LogP contribution < -0.4 is 15.3 Å². The van der Waals surface area contributed by atoms with E-state index in [4.69, 9.17) is 0 Å². The minimum atomic E-state index is 0.0629. The Balaban J connectivity index is 1.32. The number of hydrogen-bond acceptors (Lipinski definition) is 5. The van der Waals surface area contributed by atoms with Gasteiger partial charge in [0.05, 0.1) is 22.4 Å². The number of anilines is 1. The van der Waals surface area contributed by atoms with E-state index in [0.29, 0.717) is 10.8 Å². The van der Waals surface area contributed by atoms with Gasteiger partial charge >= 0.3 is 0 Å². The van der Waals surface area contributed by atoms with Crippen LogP contribution in [0.3, 0.4) is 0 Å². The molecule has 0 aromatic heterocycles. The molecule has 3 aromatic rings. The Morgan fingerprint density at radius 3 is 1.83 bits per heavy atom. The number of nitriles is 3. The van der Waals surface area contributed by atoms with E-state index in [2.05, 4.69) is 66.4 Å². The normalized spacial score (nSPS) is 12.7. The molecule has 0 radical (unpaired) electrons. The van der Waals surface area contributed by atoms with Gasteiger partial charge in [-0.15, -0.1) is 0 Å². The van der Waals surface area contributed by atoms with Crippen molar-refractivity contribution in [2.24, 2.45) is 0 Å². The van der Waals surface area contributed by atoms with Crippen LogP contribution in [-0.4, -0.2) is 0 Å². The smallest absolute Gasteiger partial charge is 0.136 e. The number of unbranched alkanes of at least 4 members (excludes halogenated alkanes) is 13. The predicted molar refractivity (Wildman–Crippen MR) is 196 cm³/mol. The third-order valence-corrected chi connectivity index (χ3v) is 10.00. The molecule has 1 aliphatic rings. The first-order valence-electron chi connectivity index (χ1n) is 17.6.